The summed E-state index contributed by atoms with van der Waals surface area (Å²) in [7, 11) is 3.13. The van der Waals surface area contributed by atoms with Gasteiger partial charge in [0, 0.05) is 23.0 Å². The Morgan fingerprint density at radius 3 is 2.46 bits per heavy atom. The zero-order chi connectivity index (χ0) is 19.1. The largest absolute Gasteiger partial charge is 0.493 e. The predicted molar refractivity (Wildman–Crippen MR) is 102 cm³/mol. The number of nitrogens with one attached hydrogen (secondary N) is 1. The Labute approximate surface area is 162 Å². The van der Waals surface area contributed by atoms with Gasteiger partial charge in [-0.15, -0.1) is 0 Å². The summed E-state index contributed by atoms with van der Waals surface area (Å²) in [5.74, 6) is 1.07. The summed E-state index contributed by atoms with van der Waals surface area (Å²) in [6, 6.07) is 10.4. The number of benzene rings is 2. The number of hydrogen-bond acceptors (Lipinski definition) is 4. The zero-order valence-electron chi connectivity index (χ0n) is 14.6. The summed E-state index contributed by atoms with van der Waals surface area (Å²) >= 11 is 11.8. The molecule has 7 heteroatoms. The van der Waals surface area contributed by atoms with E-state index >= 15 is 0 Å². The number of hydrogen-bond donors (Lipinski definition) is 2. The van der Waals surface area contributed by atoms with E-state index in [0.717, 1.165) is 5.56 Å². The molecule has 2 aromatic carbocycles. The average Bonchev–Trinajstić information content (AvgIpc) is 2.62. The molecule has 2 aromatic rings. The summed E-state index contributed by atoms with van der Waals surface area (Å²) < 4.78 is 10.6. The summed E-state index contributed by atoms with van der Waals surface area (Å²) in [6.45, 7) is 0.0742. The minimum absolute atomic E-state index is 0.0742. The Hall–Kier alpha value is -1.95. The molecule has 0 saturated carbocycles. The van der Waals surface area contributed by atoms with Gasteiger partial charge in [-0.25, -0.2) is 0 Å². The van der Waals surface area contributed by atoms with Gasteiger partial charge in [0.15, 0.2) is 11.5 Å². The second-order valence-electron chi connectivity index (χ2n) is 5.68. The smallest absolute Gasteiger partial charge is 0.220 e. The molecule has 140 valence electrons. The molecule has 2 rings (SSSR count). The van der Waals surface area contributed by atoms with E-state index in [4.69, 9.17) is 32.7 Å². The lowest BCUT2D eigenvalue weighted by Crippen LogP contribution is -2.28. The highest BCUT2D eigenvalue weighted by Gasteiger charge is 2.13. The highest BCUT2D eigenvalue weighted by atomic mass is 35.5. The molecule has 0 aliphatic rings. The molecule has 1 unspecified atom stereocenters. The molecule has 0 aliphatic heterocycles. The summed E-state index contributed by atoms with van der Waals surface area (Å²) in [5.41, 5.74) is 1.43. The number of para-hydroxylation sites is 1. The molecule has 0 aromatic heterocycles. The van der Waals surface area contributed by atoms with Crippen LogP contribution in [0.15, 0.2) is 36.4 Å². The molecule has 0 aliphatic carbocycles. The fourth-order valence-corrected chi connectivity index (χ4v) is 3.13. The maximum Gasteiger partial charge on any atom is 0.220 e. The second kappa shape index (κ2) is 9.67. The molecule has 0 spiro atoms. The predicted octanol–water partition coefficient (Wildman–Crippen LogP) is 3.79. The van der Waals surface area contributed by atoms with Crippen molar-refractivity contribution in [3.8, 4) is 11.5 Å². The molecule has 0 bridgehead atoms. The van der Waals surface area contributed by atoms with Gasteiger partial charge in [0.25, 0.3) is 0 Å². The van der Waals surface area contributed by atoms with Crippen molar-refractivity contribution in [2.45, 2.75) is 18.9 Å². The molecule has 1 amide bonds. The highest BCUT2D eigenvalue weighted by molar-refractivity contribution is 6.34. The van der Waals surface area contributed by atoms with Crippen molar-refractivity contribution in [1.82, 2.24) is 5.32 Å². The Balaban J connectivity index is 1.89. The Morgan fingerprint density at radius 1 is 1.15 bits per heavy atom. The highest BCUT2D eigenvalue weighted by Crippen LogP contribution is 2.31. The van der Waals surface area contributed by atoms with Gasteiger partial charge in [0.1, 0.15) is 0 Å². The molecular weight excluding hydrogens is 377 g/mol. The van der Waals surface area contributed by atoms with Crippen molar-refractivity contribution in [2.24, 2.45) is 0 Å². The summed E-state index contributed by atoms with van der Waals surface area (Å²) in [6.07, 6.45) is -0.140. The minimum atomic E-state index is -0.887. The van der Waals surface area contributed by atoms with Crippen molar-refractivity contribution >= 4 is 29.1 Å². The maximum atomic E-state index is 12.1. The Bertz CT molecular complexity index is 747. The Kier molecular flexibility index (Phi) is 7.57. The SMILES string of the molecule is COc1cccc(CCC(=O)NCC(O)c2cc(Cl)cc(Cl)c2)c1OC. The molecule has 1 atom stereocenters. The third-order valence-corrected chi connectivity index (χ3v) is 4.30. The van der Waals surface area contributed by atoms with E-state index in [1.165, 1.54) is 0 Å². The number of methoxy groups -OCH3 is 2. The zero-order valence-corrected chi connectivity index (χ0v) is 16.1. The van der Waals surface area contributed by atoms with Gasteiger partial charge in [0.2, 0.25) is 5.91 Å². The number of aryl methyl sites for hydroxylation is 1. The normalized spacial score (nSPS) is 11.7. The number of amides is 1. The van der Waals surface area contributed by atoms with Crippen molar-refractivity contribution in [3.05, 3.63) is 57.6 Å². The van der Waals surface area contributed by atoms with Crippen molar-refractivity contribution < 1.29 is 19.4 Å². The van der Waals surface area contributed by atoms with Crippen molar-refractivity contribution in [3.63, 3.8) is 0 Å². The summed E-state index contributed by atoms with van der Waals surface area (Å²) in [4.78, 5) is 12.1. The van der Waals surface area contributed by atoms with Crippen LogP contribution >= 0.6 is 23.2 Å². The number of ether oxygens (including phenoxy) is 2. The fourth-order valence-electron chi connectivity index (χ4n) is 2.58. The summed E-state index contributed by atoms with van der Waals surface area (Å²) in [5, 5.41) is 13.8. The lowest BCUT2D eigenvalue weighted by atomic mass is 10.1. The number of carbonyl (C=O) groups excluding carboxylic acids is 1. The lowest BCUT2D eigenvalue weighted by molar-refractivity contribution is -0.121. The fraction of sp³-hybridized carbons (Fsp3) is 0.316. The van der Waals surface area contributed by atoms with Crippen LogP contribution in [-0.4, -0.2) is 31.8 Å². The first-order chi connectivity index (χ1) is 12.4. The van der Waals surface area contributed by atoms with E-state index in [1.807, 2.05) is 12.1 Å². The van der Waals surface area contributed by atoms with E-state index in [9.17, 15) is 9.90 Å². The number of halogens is 2. The molecule has 0 radical (unpaired) electrons. The molecule has 0 fully saturated rings. The number of aliphatic hydroxyl groups excluding tert-OH is 1. The van der Waals surface area contributed by atoms with Gasteiger partial charge in [-0.2, -0.15) is 0 Å². The monoisotopic (exact) mass is 397 g/mol. The van der Waals surface area contributed by atoms with Gasteiger partial charge < -0.3 is 19.9 Å². The van der Waals surface area contributed by atoms with Crippen molar-refractivity contribution in [1.29, 1.82) is 0 Å². The van der Waals surface area contributed by atoms with E-state index in [1.54, 1.807) is 38.5 Å². The van der Waals surface area contributed by atoms with Gasteiger partial charge in [0.05, 0.1) is 20.3 Å². The van der Waals surface area contributed by atoms with Gasteiger partial charge in [-0.05, 0) is 41.8 Å². The van der Waals surface area contributed by atoms with Gasteiger partial charge >= 0.3 is 0 Å². The van der Waals surface area contributed by atoms with Gasteiger partial charge in [-0.3, -0.25) is 4.79 Å². The van der Waals surface area contributed by atoms with Crippen LogP contribution in [0, 0.1) is 0 Å². The van der Waals surface area contributed by atoms with E-state index in [-0.39, 0.29) is 18.9 Å². The average molecular weight is 398 g/mol. The van der Waals surface area contributed by atoms with Crippen LogP contribution in [0.2, 0.25) is 10.0 Å². The van der Waals surface area contributed by atoms with Crippen LogP contribution in [0.4, 0.5) is 0 Å². The van der Waals surface area contributed by atoms with Crippen LogP contribution < -0.4 is 14.8 Å². The van der Waals surface area contributed by atoms with Gasteiger partial charge in [-0.1, -0.05) is 35.3 Å². The van der Waals surface area contributed by atoms with E-state index in [0.29, 0.717) is 33.5 Å². The number of carbonyl (C=O) groups is 1. The second-order valence-corrected chi connectivity index (χ2v) is 6.55. The molecule has 2 N–H and O–H groups in total. The van der Waals surface area contributed by atoms with Crippen LogP contribution in [0.5, 0.6) is 11.5 Å². The lowest BCUT2D eigenvalue weighted by Gasteiger charge is -2.14. The topological polar surface area (TPSA) is 67.8 Å². The molecular formula is C19H21Cl2NO4. The van der Waals surface area contributed by atoms with E-state index in [2.05, 4.69) is 5.32 Å². The van der Waals surface area contributed by atoms with E-state index < -0.39 is 6.10 Å². The van der Waals surface area contributed by atoms with Crippen LogP contribution in [0.3, 0.4) is 0 Å². The molecule has 0 heterocycles. The van der Waals surface area contributed by atoms with Crippen LogP contribution in [-0.2, 0) is 11.2 Å². The van der Waals surface area contributed by atoms with Crippen molar-refractivity contribution in [2.75, 3.05) is 20.8 Å². The molecule has 26 heavy (non-hydrogen) atoms. The van der Waals surface area contributed by atoms with Crippen LogP contribution in [0.25, 0.3) is 0 Å². The third kappa shape index (κ3) is 5.53. The first-order valence-electron chi connectivity index (χ1n) is 8.05. The quantitative estimate of drug-likeness (QED) is 0.710. The first-order valence-corrected chi connectivity index (χ1v) is 8.80. The molecule has 0 saturated heterocycles. The molecule has 5 nitrogen and oxygen atoms in total. The number of rotatable bonds is 8. The third-order valence-electron chi connectivity index (χ3n) is 3.87. The van der Waals surface area contributed by atoms with Crippen LogP contribution in [0.1, 0.15) is 23.7 Å². The number of aliphatic hydroxyl groups is 1. The maximum absolute atomic E-state index is 12.1. The first kappa shape index (κ1) is 20.4. The Morgan fingerprint density at radius 2 is 1.85 bits per heavy atom. The minimum Gasteiger partial charge on any atom is -0.493 e. The standard InChI is InChI=1S/C19H21Cl2NO4/c1-25-17-5-3-4-12(19(17)26-2)6-7-18(24)22-11-16(23)13-8-14(20)10-15(21)9-13/h3-5,8-10,16,23H,6-7,11H2,1-2H3,(H,22,24).